The van der Waals surface area contributed by atoms with Gasteiger partial charge in [0.2, 0.25) is 5.91 Å². The summed E-state index contributed by atoms with van der Waals surface area (Å²) in [6, 6.07) is -2.12. The number of fused-ring (bicyclic) bond motifs is 5. The van der Waals surface area contributed by atoms with Crippen LogP contribution in [0.25, 0.3) is 0 Å². The van der Waals surface area contributed by atoms with Crippen molar-refractivity contribution in [2.75, 3.05) is 19.4 Å². The van der Waals surface area contributed by atoms with Crippen molar-refractivity contribution in [3.63, 3.8) is 0 Å². The van der Waals surface area contributed by atoms with Gasteiger partial charge in [0.1, 0.15) is 12.3 Å². The van der Waals surface area contributed by atoms with E-state index < -0.39 is 48.3 Å². The number of ether oxygens (including phenoxy) is 1. The smallest absolute Gasteiger partial charge is 0.325 e. The molecule has 202 valence electrons. The molecule has 0 aromatic heterocycles. The molecule has 1 saturated carbocycles. The van der Waals surface area contributed by atoms with Gasteiger partial charge in [-0.2, -0.15) is 11.8 Å². The Morgan fingerprint density at radius 2 is 1.94 bits per heavy atom. The molecule has 9 nitrogen and oxygen atoms in total. The Kier molecular flexibility index (Phi) is 7.77. The average Bonchev–Trinajstić information content (AvgIpc) is 2.84. The molecule has 1 aliphatic carbocycles. The minimum Gasteiger partial charge on any atom is -0.469 e. The van der Waals surface area contributed by atoms with Crippen LogP contribution in [0.2, 0.25) is 0 Å². The highest BCUT2D eigenvalue weighted by Crippen LogP contribution is 2.41. The SMILES string of the molecule is COC(=O)CCSC1CCNC2C(C)NC3CCCC(F)C3C3NC4C(CC3F)C(=O)NC(=O)N4C12. The molecule has 0 aromatic carbocycles. The molecular weight excluding hydrogens is 492 g/mol. The highest BCUT2D eigenvalue weighted by molar-refractivity contribution is 8.00. The largest absolute Gasteiger partial charge is 0.469 e. The van der Waals surface area contributed by atoms with Gasteiger partial charge >= 0.3 is 12.0 Å². The molecule has 11 atom stereocenters. The van der Waals surface area contributed by atoms with Gasteiger partial charge in [-0.15, -0.1) is 0 Å². The zero-order valence-corrected chi connectivity index (χ0v) is 21.6. The Hall–Kier alpha value is -1.50. The van der Waals surface area contributed by atoms with E-state index in [0.29, 0.717) is 12.2 Å². The summed E-state index contributed by atoms with van der Waals surface area (Å²) in [5.74, 6) is -1.55. The Morgan fingerprint density at radius 3 is 2.72 bits per heavy atom. The second kappa shape index (κ2) is 10.7. The van der Waals surface area contributed by atoms with Gasteiger partial charge in [-0.3, -0.25) is 20.2 Å². The van der Waals surface area contributed by atoms with E-state index in [4.69, 9.17) is 4.74 Å². The van der Waals surface area contributed by atoms with E-state index in [2.05, 4.69) is 21.3 Å². The van der Waals surface area contributed by atoms with E-state index in [1.807, 2.05) is 6.92 Å². The molecule has 0 aromatic rings. The van der Waals surface area contributed by atoms with Crippen molar-refractivity contribution in [2.45, 2.75) is 99.4 Å². The number of hydrogen-bond acceptors (Lipinski definition) is 8. The molecule has 2 bridgehead atoms. The lowest BCUT2D eigenvalue weighted by Crippen LogP contribution is -2.79. The maximum absolute atomic E-state index is 15.6. The number of alkyl halides is 2. The molecular formula is C24H37F2N5O4S. The first-order valence-electron chi connectivity index (χ1n) is 13.1. The molecule has 5 aliphatic rings. The number of thioether (sulfide) groups is 1. The van der Waals surface area contributed by atoms with Crippen LogP contribution in [-0.2, 0) is 14.3 Å². The number of imide groups is 1. The first kappa shape index (κ1) is 26.1. The number of carbonyl (C=O) groups is 3. The van der Waals surface area contributed by atoms with Gasteiger partial charge < -0.3 is 20.3 Å². The Bertz CT molecular complexity index is 870. The zero-order chi connectivity index (χ0) is 25.6. The predicted octanol–water partition coefficient (Wildman–Crippen LogP) is 1.07. The lowest BCUT2D eigenvalue weighted by molar-refractivity contribution is -0.140. The second-order valence-corrected chi connectivity index (χ2v) is 12.1. The average molecular weight is 530 g/mol. The number of esters is 1. The lowest BCUT2D eigenvalue weighted by atomic mass is 9.72. The van der Waals surface area contributed by atoms with E-state index in [0.717, 1.165) is 25.8 Å². The fourth-order valence-electron chi connectivity index (χ4n) is 7.12. The number of carbonyl (C=O) groups excluding carboxylic acids is 3. The third-order valence-electron chi connectivity index (χ3n) is 8.77. The summed E-state index contributed by atoms with van der Waals surface area (Å²) in [5.41, 5.74) is 0. The van der Waals surface area contributed by atoms with Crippen LogP contribution >= 0.6 is 11.8 Å². The van der Waals surface area contributed by atoms with Crippen molar-refractivity contribution in [1.29, 1.82) is 0 Å². The predicted molar refractivity (Wildman–Crippen MR) is 131 cm³/mol. The van der Waals surface area contributed by atoms with E-state index in [9.17, 15) is 14.4 Å². The van der Waals surface area contributed by atoms with Crippen molar-refractivity contribution in [3.8, 4) is 0 Å². The monoisotopic (exact) mass is 529 g/mol. The number of amides is 3. The van der Waals surface area contributed by atoms with Crippen LogP contribution < -0.4 is 21.3 Å². The number of rotatable bonds is 4. The van der Waals surface area contributed by atoms with Crippen LogP contribution in [0.15, 0.2) is 0 Å². The molecule has 4 heterocycles. The molecule has 4 aliphatic heterocycles. The lowest BCUT2D eigenvalue weighted by Gasteiger charge is -2.57. The summed E-state index contributed by atoms with van der Waals surface area (Å²) in [6.45, 7) is 2.77. The first-order valence-corrected chi connectivity index (χ1v) is 14.2. The summed E-state index contributed by atoms with van der Waals surface area (Å²) < 4.78 is 35.7. The normalized spacial score (nSPS) is 44.7. The highest BCUT2D eigenvalue weighted by atomic mass is 32.2. The van der Waals surface area contributed by atoms with Gasteiger partial charge in [0.15, 0.2) is 0 Å². The quantitative estimate of drug-likeness (QED) is 0.401. The van der Waals surface area contributed by atoms with Gasteiger partial charge in [0.05, 0.1) is 31.7 Å². The van der Waals surface area contributed by atoms with Crippen LogP contribution in [0, 0.1) is 11.8 Å². The number of nitrogens with one attached hydrogen (secondary N) is 4. The first-order chi connectivity index (χ1) is 17.3. The van der Waals surface area contributed by atoms with Crippen molar-refractivity contribution in [1.82, 2.24) is 26.2 Å². The fourth-order valence-corrected chi connectivity index (χ4v) is 8.49. The summed E-state index contributed by atoms with van der Waals surface area (Å²) in [5, 5.41) is 13.0. The molecule has 0 spiro atoms. The summed E-state index contributed by atoms with van der Waals surface area (Å²) in [4.78, 5) is 39.6. The van der Waals surface area contributed by atoms with E-state index in [1.165, 1.54) is 7.11 Å². The van der Waals surface area contributed by atoms with Crippen LogP contribution in [0.3, 0.4) is 0 Å². The fraction of sp³-hybridized carbons (Fsp3) is 0.875. The molecule has 0 radical (unpaired) electrons. The van der Waals surface area contributed by atoms with Crippen LogP contribution in [0.5, 0.6) is 0 Å². The van der Waals surface area contributed by atoms with Crippen molar-refractivity contribution < 1.29 is 27.9 Å². The Balaban J connectivity index is 1.52. The van der Waals surface area contributed by atoms with Crippen molar-refractivity contribution in [3.05, 3.63) is 0 Å². The number of nitrogens with zero attached hydrogens (tertiary/aromatic N) is 1. The summed E-state index contributed by atoms with van der Waals surface area (Å²) in [7, 11) is 1.36. The highest BCUT2D eigenvalue weighted by Gasteiger charge is 2.57. The molecule has 4 N–H and O–H groups in total. The number of halogens is 2. The molecule has 5 rings (SSSR count). The summed E-state index contributed by atoms with van der Waals surface area (Å²) >= 11 is 1.62. The van der Waals surface area contributed by atoms with Gasteiger partial charge in [0, 0.05) is 41.1 Å². The maximum atomic E-state index is 15.6. The Morgan fingerprint density at radius 1 is 1.14 bits per heavy atom. The van der Waals surface area contributed by atoms with E-state index >= 15 is 8.78 Å². The van der Waals surface area contributed by atoms with Crippen molar-refractivity contribution >= 4 is 29.7 Å². The Labute approximate surface area is 214 Å². The minimum atomic E-state index is -1.39. The number of hydrogen-bond donors (Lipinski definition) is 4. The van der Waals surface area contributed by atoms with Gasteiger partial charge in [-0.05, 0) is 45.6 Å². The van der Waals surface area contributed by atoms with Crippen molar-refractivity contribution in [2.24, 2.45) is 11.8 Å². The molecule has 36 heavy (non-hydrogen) atoms. The molecule has 4 saturated heterocycles. The molecule has 3 amide bonds. The van der Waals surface area contributed by atoms with E-state index in [1.54, 1.807) is 16.7 Å². The topological polar surface area (TPSA) is 112 Å². The van der Waals surface area contributed by atoms with Crippen LogP contribution in [0.1, 0.15) is 45.4 Å². The number of methoxy groups -OCH3 is 1. The minimum absolute atomic E-state index is 0.0105. The van der Waals surface area contributed by atoms with Crippen LogP contribution in [0.4, 0.5) is 13.6 Å². The molecule has 11 unspecified atom stereocenters. The second-order valence-electron chi connectivity index (χ2n) is 10.8. The molecule has 5 fully saturated rings. The zero-order valence-electron chi connectivity index (χ0n) is 20.8. The third kappa shape index (κ3) is 4.74. The number of urea groups is 1. The van der Waals surface area contributed by atoms with Gasteiger partial charge in [0.25, 0.3) is 0 Å². The van der Waals surface area contributed by atoms with Crippen LogP contribution in [-0.4, -0.2) is 96.2 Å². The maximum Gasteiger partial charge on any atom is 0.325 e. The van der Waals surface area contributed by atoms with Gasteiger partial charge in [-0.25, -0.2) is 13.6 Å². The molecule has 12 heteroatoms. The third-order valence-corrected chi connectivity index (χ3v) is 10.1. The van der Waals surface area contributed by atoms with E-state index in [-0.39, 0.29) is 48.2 Å². The number of piperidine rings is 2. The summed E-state index contributed by atoms with van der Waals surface area (Å²) in [6.07, 6.45) is -0.395. The van der Waals surface area contributed by atoms with Gasteiger partial charge in [-0.1, -0.05) is 0 Å². The standard InChI is InChI=1S/C24H37F2N5O4S/c1-11-19-21(16(6-8-27-19)36-9-7-17(32)35-2)31-22-12(23(33)30-24(31)34)10-14(26)20(29-22)18-13(25)4-3-5-15(18)28-11/h11-16,18-22,27-29H,3-10H2,1-2H3,(H,30,33,34).